The Morgan fingerprint density at radius 1 is 1.47 bits per heavy atom. The summed E-state index contributed by atoms with van der Waals surface area (Å²) in [5, 5.41) is 0. The van der Waals surface area contributed by atoms with Crippen molar-refractivity contribution < 1.29 is 0 Å². The van der Waals surface area contributed by atoms with Gasteiger partial charge in [-0.05, 0) is 12.1 Å². The van der Waals surface area contributed by atoms with Crippen LogP contribution in [0.4, 0.5) is 0 Å². The van der Waals surface area contributed by atoms with Crippen molar-refractivity contribution in [2.45, 2.75) is 5.88 Å². The lowest BCUT2D eigenvalue weighted by Crippen LogP contribution is -2.09. The molecule has 78 valence electrons. The van der Waals surface area contributed by atoms with E-state index in [1.807, 2.05) is 6.07 Å². The Bertz CT molecular complexity index is 535. The van der Waals surface area contributed by atoms with E-state index in [-0.39, 0.29) is 11.4 Å². The van der Waals surface area contributed by atoms with Crippen LogP contribution >= 0.6 is 34.5 Å². The second-order valence-electron chi connectivity index (χ2n) is 2.82. The smallest absolute Gasteiger partial charge is 0.251 e. The molecular formula is C9H6Cl2N2OS. The fraction of sp³-hybridized carbons (Fsp3) is 0.111. The van der Waals surface area contributed by atoms with Crippen molar-refractivity contribution in [3.05, 3.63) is 38.6 Å². The summed E-state index contributed by atoms with van der Waals surface area (Å²) in [5.41, 5.74) is 0.347. The number of aromatic amines is 1. The number of hydrogen-bond donors (Lipinski definition) is 1. The molecule has 0 saturated heterocycles. The van der Waals surface area contributed by atoms with Crippen LogP contribution in [0.15, 0.2) is 23.0 Å². The van der Waals surface area contributed by atoms with Crippen LogP contribution in [0.1, 0.15) is 5.69 Å². The highest BCUT2D eigenvalue weighted by atomic mass is 35.5. The summed E-state index contributed by atoms with van der Waals surface area (Å²) in [5.74, 6) is 0.728. The standard InChI is InChI=1S/C9H6Cl2N2OS/c10-4-5-3-8(14)13-9(12-5)6-1-2-7(11)15-6/h1-3H,4H2,(H,12,13,14). The van der Waals surface area contributed by atoms with Crippen molar-refractivity contribution in [2.75, 3.05) is 0 Å². The van der Waals surface area contributed by atoms with E-state index < -0.39 is 0 Å². The Balaban J connectivity index is 2.53. The molecule has 2 rings (SSSR count). The minimum Gasteiger partial charge on any atom is -0.306 e. The Morgan fingerprint density at radius 2 is 2.27 bits per heavy atom. The number of rotatable bonds is 2. The fourth-order valence-corrected chi connectivity index (χ4v) is 2.26. The highest BCUT2D eigenvalue weighted by Gasteiger charge is 2.05. The second-order valence-corrected chi connectivity index (χ2v) is 4.81. The minimum atomic E-state index is -0.208. The third-order valence-corrected chi connectivity index (χ3v) is 3.25. The molecule has 6 heteroatoms. The van der Waals surface area contributed by atoms with E-state index in [1.165, 1.54) is 17.4 Å². The van der Waals surface area contributed by atoms with E-state index in [9.17, 15) is 4.79 Å². The van der Waals surface area contributed by atoms with E-state index in [2.05, 4.69) is 9.97 Å². The van der Waals surface area contributed by atoms with Crippen molar-refractivity contribution in [1.29, 1.82) is 0 Å². The first kappa shape index (κ1) is 10.7. The molecule has 0 bridgehead atoms. The lowest BCUT2D eigenvalue weighted by molar-refractivity contribution is 1.06. The monoisotopic (exact) mass is 260 g/mol. The van der Waals surface area contributed by atoms with Crippen LogP contribution in [-0.2, 0) is 5.88 Å². The molecular weight excluding hydrogens is 255 g/mol. The molecule has 0 atom stereocenters. The SMILES string of the molecule is O=c1cc(CCl)nc(-c2ccc(Cl)s2)[nH]1. The number of nitrogens with zero attached hydrogens (tertiary/aromatic N) is 1. The zero-order chi connectivity index (χ0) is 10.8. The van der Waals surface area contributed by atoms with Gasteiger partial charge in [0, 0.05) is 6.07 Å². The van der Waals surface area contributed by atoms with Crippen LogP contribution in [-0.4, -0.2) is 9.97 Å². The summed E-state index contributed by atoms with van der Waals surface area (Å²) < 4.78 is 0.656. The first-order valence-corrected chi connectivity index (χ1v) is 5.84. The zero-order valence-corrected chi connectivity index (χ0v) is 9.79. The predicted octanol–water partition coefficient (Wildman–Crippen LogP) is 2.89. The highest BCUT2D eigenvalue weighted by Crippen LogP contribution is 2.28. The quantitative estimate of drug-likeness (QED) is 0.845. The van der Waals surface area contributed by atoms with E-state index in [0.29, 0.717) is 15.9 Å². The van der Waals surface area contributed by atoms with Crippen LogP contribution in [0.3, 0.4) is 0 Å². The summed E-state index contributed by atoms with van der Waals surface area (Å²) in [6.45, 7) is 0. The van der Waals surface area contributed by atoms with Crippen LogP contribution < -0.4 is 5.56 Å². The van der Waals surface area contributed by atoms with Crippen molar-refractivity contribution in [1.82, 2.24) is 9.97 Å². The summed E-state index contributed by atoms with van der Waals surface area (Å²) in [7, 11) is 0. The topological polar surface area (TPSA) is 45.8 Å². The first-order valence-electron chi connectivity index (χ1n) is 4.11. The number of nitrogens with one attached hydrogen (secondary N) is 1. The van der Waals surface area contributed by atoms with Crippen molar-refractivity contribution in [2.24, 2.45) is 0 Å². The first-order chi connectivity index (χ1) is 7.19. The maximum absolute atomic E-state index is 11.3. The summed E-state index contributed by atoms with van der Waals surface area (Å²) in [6, 6.07) is 4.95. The van der Waals surface area contributed by atoms with Gasteiger partial charge in [-0.2, -0.15) is 0 Å². The highest BCUT2D eigenvalue weighted by molar-refractivity contribution is 7.19. The molecule has 0 spiro atoms. The number of aromatic nitrogens is 2. The molecule has 15 heavy (non-hydrogen) atoms. The summed E-state index contributed by atoms with van der Waals surface area (Å²) in [6.07, 6.45) is 0. The molecule has 0 saturated carbocycles. The fourth-order valence-electron chi connectivity index (χ4n) is 1.13. The maximum Gasteiger partial charge on any atom is 0.251 e. The van der Waals surface area contributed by atoms with Crippen LogP contribution in [0, 0.1) is 0 Å². The Hall–Kier alpha value is -0.840. The van der Waals surface area contributed by atoms with Gasteiger partial charge in [0.25, 0.3) is 5.56 Å². The summed E-state index contributed by atoms with van der Waals surface area (Å²) >= 11 is 12.8. The van der Waals surface area contributed by atoms with Crippen molar-refractivity contribution >= 4 is 34.5 Å². The van der Waals surface area contributed by atoms with Gasteiger partial charge in [0.1, 0.15) is 0 Å². The molecule has 0 aliphatic rings. The number of thiophene rings is 1. The zero-order valence-electron chi connectivity index (χ0n) is 7.46. The van der Waals surface area contributed by atoms with E-state index in [0.717, 1.165) is 4.88 Å². The van der Waals surface area contributed by atoms with Gasteiger partial charge < -0.3 is 4.98 Å². The van der Waals surface area contributed by atoms with Crippen molar-refractivity contribution in [3.63, 3.8) is 0 Å². The maximum atomic E-state index is 11.3. The van der Waals surface area contributed by atoms with E-state index in [4.69, 9.17) is 23.2 Å². The van der Waals surface area contributed by atoms with Gasteiger partial charge in [-0.1, -0.05) is 11.6 Å². The molecule has 2 aromatic rings. The van der Waals surface area contributed by atoms with Gasteiger partial charge in [0.15, 0.2) is 5.82 Å². The van der Waals surface area contributed by atoms with Gasteiger partial charge in [-0.25, -0.2) is 4.98 Å². The molecule has 0 amide bonds. The number of alkyl halides is 1. The van der Waals surface area contributed by atoms with Gasteiger partial charge in [0.2, 0.25) is 0 Å². The molecule has 0 aliphatic heterocycles. The molecule has 2 heterocycles. The molecule has 0 aliphatic carbocycles. The Kier molecular flexibility index (Phi) is 3.09. The molecule has 2 aromatic heterocycles. The summed E-state index contributed by atoms with van der Waals surface area (Å²) in [4.78, 5) is 18.9. The predicted molar refractivity (Wildman–Crippen MR) is 62.7 cm³/mol. The third kappa shape index (κ3) is 2.40. The average Bonchev–Trinajstić information content (AvgIpc) is 2.64. The molecule has 0 fully saturated rings. The number of H-pyrrole nitrogens is 1. The van der Waals surface area contributed by atoms with Gasteiger partial charge in [-0.15, -0.1) is 22.9 Å². The Morgan fingerprint density at radius 3 is 2.87 bits per heavy atom. The van der Waals surface area contributed by atoms with Gasteiger partial charge >= 0.3 is 0 Å². The molecule has 0 unspecified atom stereocenters. The van der Waals surface area contributed by atoms with Crippen LogP contribution in [0.25, 0.3) is 10.7 Å². The second kappa shape index (κ2) is 4.35. The van der Waals surface area contributed by atoms with E-state index in [1.54, 1.807) is 6.07 Å². The minimum absolute atomic E-state index is 0.208. The normalized spacial score (nSPS) is 10.5. The van der Waals surface area contributed by atoms with Gasteiger partial charge in [0.05, 0.1) is 20.8 Å². The number of halogens is 2. The van der Waals surface area contributed by atoms with Crippen LogP contribution in [0.5, 0.6) is 0 Å². The molecule has 0 aromatic carbocycles. The molecule has 1 N–H and O–H groups in total. The number of hydrogen-bond acceptors (Lipinski definition) is 3. The third-order valence-electron chi connectivity index (χ3n) is 1.74. The van der Waals surface area contributed by atoms with Gasteiger partial charge in [-0.3, -0.25) is 4.79 Å². The molecule has 3 nitrogen and oxygen atoms in total. The Labute approximate surface area is 99.7 Å². The average molecular weight is 261 g/mol. The molecule has 0 radical (unpaired) electrons. The largest absolute Gasteiger partial charge is 0.306 e. The van der Waals surface area contributed by atoms with E-state index >= 15 is 0 Å². The van der Waals surface area contributed by atoms with Crippen LogP contribution in [0.2, 0.25) is 4.34 Å². The lowest BCUT2D eigenvalue weighted by atomic mass is 10.4. The van der Waals surface area contributed by atoms with Crippen molar-refractivity contribution in [3.8, 4) is 10.7 Å². The lowest BCUT2D eigenvalue weighted by Gasteiger charge is -1.98.